The van der Waals surface area contributed by atoms with Crippen molar-refractivity contribution < 1.29 is 27.9 Å². The molecule has 1 amide bonds. The zero-order valence-corrected chi connectivity index (χ0v) is 14.2. The molecule has 0 radical (unpaired) electrons. The molecular formula is C15H20NO6P. The van der Waals surface area contributed by atoms with Gasteiger partial charge in [0.25, 0.3) is 11.5 Å². The molecule has 2 unspecified atom stereocenters. The zero-order chi connectivity index (χ0) is 17.1. The Kier molecular flexibility index (Phi) is 5.24. The molecule has 1 saturated heterocycles. The van der Waals surface area contributed by atoms with Gasteiger partial charge in [-0.05, 0) is 20.8 Å². The fourth-order valence-corrected chi connectivity index (χ4v) is 4.39. The lowest BCUT2D eigenvalue weighted by Crippen LogP contribution is -2.46. The van der Waals surface area contributed by atoms with Crippen LogP contribution in [0, 0.1) is 0 Å². The molecule has 126 valence electrons. The Morgan fingerprint density at radius 2 is 1.87 bits per heavy atom. The summed E-state index contributed by atoms with van der Waals surface area (Å²) in [7, 11) is -3.92. The van der Waals surface area contributed by atoms with Crippen molar-refractivity contribution in [3.63, 3.8) is 0 Å². The Hall–Kier alpha value is -1.69. The number of nitrogens with zero attached hydrogens (tertiary/aromatic N) is 1. The summed E-state index contributed by atoms with van der Waals surface area (Å²) in [5.41, 5.74) is -1.84. The quantitative estimate of drug-likeness (QED) is 0.449. The van der Waals surface area contributed by atoms with E-state index in [0.29, 0.717) is 0 Å². The highest BCUT2D eigenvalue weighted by atomic mass is 31.2. The van der Waals surface area contributed by atoms with Crippen LogP contribution in [-0.4, -0.2) is 36.3 Å². The zero-order valence-electron chi connectivity index (χ0n) is 13.4. The molecule has 1 aromatic rings. The van der Waals surface area contributed by atoms with Crippen LogP contribution in [0.2, 0.25) is 0 Å². The van der Waals surface area contributed by atoms with Gasteiger partial charge in [0.15, 0.2) is 0 Å². The molecular weight excluding hydrogens is 321 g/mol. The Labute approximate surface area is 135 Å². The standard InChI is InChI=1S/C15H20NO6P/c1-4-16-13(17)15(14(18)20-5-2,12-10-8-7-9-11-12)22-23(16,19)21-6-3/h7-11H,4-6H2,1-3H3. The van der Waals surface area contributed by atoms with Crippen molar-refractivity contribution in [1.82, 2.24) is 4.67 Å². The van der Waals surface area contributed by atoms with Gasteiger partial charge in [0.05, 0.1) is 13.2 Å². The predicted octanol–water partition coefficient (Wildman–Crippen LogP) is 2.47. The summed E-state index contributed by atoms with van der Waals surface area (Å²) in [5.74, 6) is -1.63. The number of ether oxygens (including phenoxy) is 1. The van der Waals surface area contributed by atoms with Gasteiger partial charge in [0, 0.05) is 12.1 Å². The molecule has 7 nitrogen and oxygen atoms in total. The van der Waals surface area contributed by atoms with Crippen LogP contribution in [0.1, 0.15) is 26.3 Å². The molecule has 1 heterocycles. The number of amides is 1. The van der Waals surface area contributed by atoms with E-state index in [1.165, 1.54) is 0 Å². The highest BCUT2D eigenvalue weighted by molar-refractivity contribution is 7.52. The van der Waals surface area contributed by atoms with Crippen molar-refractivity contribution in [2.45, 2.75) is 26.4 Å². The molecule has 0 N–H and O–H groups in total. The number of hydrogen-bond donors (Lipinski definition) is 0. The van der Waals surface area contributed by atoms with E-state index < -0.39 is 25.2 Å². The van der Waals surface area contributed by atoms with Gasteiger partial charge in [-0.15, -0.1) is 0 Å². The maximum Gasteiger partial charge on any atom is 0.439 e. The molecule has 0 aromatic heterocycles. The fraction of sp³-hybridized carbons (Fsp3) is 0.467. The van der Waals surface area contributed by atoms with E-state index in [1.807, 2.05) is 0 Å². The Morgan fingerprint density at radius 3 is 2.39 bits per heavy atom. The second kappa shape index (κ2) is 6.83. The van der Waals surface area contributed by atoms with Crippen molar-refractivity contribution in [1.29, 1.82) is 0 Å². The molecule has 0 spiro atoms. The van der Waals surface area contributed by atoms with Gasteiger partial charge < -0.3 is 4.74 Å². The number of likely N-dealkylation sites (N-methyl/N-ethyl adjacent to an activating group) is 1. The van der Waals surface area contributed by atoms with Crippen LogP contribution in [-0.2, 0) is 33.5 Å². The predicted molar refractivity (Wildman–Crippen MR) is 82.5 cm³/mol. The van der Waals surface area contributed by atoms with E-state index in [1.54, 1.807) is 51.1 Å². The first kappa shape index (κ1) is 17.7. The van der Waals surface area contributed by atoms with Crippen LogP contribution in [0.15, 0.2) is 30.3 Å². The summed E-state index contributed by atoms with van der Waals surface area (Å²) < 4.78 is 29.7. The lowest BCUT2D eigenvalue weighted by Gasteiger charge is -2.23. The molecule has 8 heteroatoms. The van der Waals surface area contributed by atoms with Gasteiger partial charge in [0.2, 0.25) is 0 Å². The molecule has 1 fully saturated rings. The summed E-state index contributed by atoms with van der Waals surface area (Å²) in [6, 6.07) is 8.18. The number of carbonyl (C=O) groups excluding carboxylic acids is 2. The second-order valence-corrected chi connectivity index (χ2v) is 6.63. The van der Waals surface area contributed by atoms with E-state index in [9.17, 15) is 14.2 Å². The van der Waals surface area contributed by atoms with Crippen molar-refractivity contribution in [2.75, 3.05) is 19.8 Å². The first-order chi connectivity index (χ1) is 11.0. The van der Waals surface area contributed by atoms with Gasteiger partial charge in [-0.25, -0.2) is 14.0 Å². The van der Waals surface area contributed by atoms with Crippen LogP contribution in [0.3, 0.4) is 0 Å². The topological polar surface area (TPSA) is 82.1 Å². The summed E-state index contributed by atoms with van der Waals surface area (Å²) >= 11 is 0. The molecule has 1 aromatic carbocycles. The van der Waals surface area contributed by atoms with E-state index in [2.05, 4.69) is 0 Å². The number of carbonyl (C=O) groups is 2. The minimum atomic E-state index is -3.92. The molecule has 0 bridgehead atoms. The molecule has 0 aliphatic carbocycles. The first-order valence-electron chi connectivity index (χ1n) is 7.46. The molecule has 2 atom stereocenters. The van der Waals surface area contributed by atoms with Crippen molar-refractivity contribution in [3.05, 3.63) is 35.9 Å². The molecule has 2 rings (SSSR count). The van der Waals surface area contributed by atoms with E-state index in [0.717, 1.165) is 4.67 Å². The maximum atomic E-state index is 12.9. The first-order valence-corrected chi connectivity index (χ1v) is 8.96. The molecule has 1 aliphatic rings. The Balaban J connectivity index is 2.61. The fourth-order valence-electron chi connectivity index (χ4n) is 2.45. The van der Waals surface area contributed by atoms with Crippen molar-refractivity contribution >= 4 is 19.6 Å². The summed E-state index contributed by atoms with van der Waals surface area (Å²) in [6.45, 7) is 5.12. The third-order valence-corrected chi connectivity index (χ3v) is 5.56. The Morgan fingerprint density at radius 1 is 1.22 bits per heavy atom. The smallest absolute Gasteiger partial charge is 0.439 e. The third-order valence-electron chi connectivity index (χ3n) is 3.42. The highest BCUT2D eigenvalue weighted by Gasteiger charge is 2.66. The van der Waals surface area contributed by atoms with Gasteiger partial charge in [-0.1, -0.05) is 30.3 Å². The van der Waals surface area contributed by atoms with Gasteiger partial charge in [0.1, 0.15) is 0 Å². The van der Waals surface area contributed by atoms with E-state index in [4.69, 9.17) is 13.8 Å². The maximum absolute atomic E-state index is 12.9. The summed E-state index contributed by atoms with van der Waals surface area (Å²) in [5, 5.41) is 0. The summed E-state index contributed by atoms with van der Waals surface area (Å²) in [4.78, 5) is 25.5. The summed E-state index contributed by atoms with van der Waals surface area (Å²) in [6.07, 6.45) is 0. The minimum absolute atomic E-state index is 0.0646. The number of benzene rings is 1. The number of hydrogen-bond acceptors (Lipinski definition) is 6. The largest absolute Gasteiger partial charge is 0.463 e. The average molecular weight is 341 g/mol. The van der Waals surface area contributed by atoms with Gasteiger partial charge in [-0.2, -0.15) is 0 Å². The monoisotopic (exact) mass is 341 g/mol. The van der Waals surface area contributed by atoms with Crippen molar-refractivity contribution in [3.8, 4) is 0 Å². The Bertz CT molecular complexity index is 634. The average Bonchev–Trinajstić information content (AvgIpc) is 2.77. The SMILES string of the molecule is CCOC(=O)C1(c2ccccc2)OP(=O)(OCC)N(CC)C1=O. The normalized spacial score (nSPS) is 27.3. The molecule has 0 saturated carbocycles. The number of esters is 1. The second-order valence-electron chi connectivity index (χ2n) is 4.77. The van der Waals surface area contributed by atoms with Crippen molar-refractivity contribution in [2.24, 2.45) is 0 Å². The van der Waals surface area contributed by atoms with Crippen LogP contribution < -0.4 is 0 Å². The van der Waals surface area contributed by atoms with Crippen LogP contribution in [0.25, 0.3) is 0 Å². The van der Waals surface area contributed by atoms with E-state index in [-0.39, 0.29) is 25.3 Å². The van der Waals surface area contributed by atoms with Crippen LogP contribution in [0.4, 0.5) is 0 Å². The van der Waals surface area contributed by atoms with Crippen LogP contribution in [0.5, 0.6) is 0 Å². The highest BCUT2D eigenvalue weighted by Crippen LogP contribution is 2.63. The van der Waals surface area contributed by atoms with Crippen LogP contribution >= 0.6 is 7.75 Å². The lowest BCUT2D eigenvalue weighted by atomic mass is 9.93. The number of rotatable bonds is 6. The molecule has 1 aliphatic heterocycles. The van der Waals surface area contributed by atoms with E-state index >= 15 is 0 Å². The third kappa shape index (κ3) is 2.80. The van der Waals surface area contributed by atoms with Gasteiger partial charge in [-0.3, -0.25) is 13.8 Å². The van der Waals surface area contributed by atoms with Gasteiger partial charge >= 0.3 is 13.7 Å². The lowest BCUT2D eigenvalue weighted by molar-refractivity contribution is -0.167. The minimum Gasteiger partial charge on any atom is -0.463 e. The molecule has 23 heavy (non-hydrogen) atoms.